The van der Waals surface area contributed by atoms with Gasteiger partial charge < -0.3 is 10.6 Å². The predicted molar refractivity (Wildman–Crippen MR) is 89.8 cm³/mol. The van der Waals surface area contributed by atoms with Gasteiger partial charge in [0.1, 0.15) is 12.4 Å². The topological polar surface area (TPSA) is 115 Å². The minimum absolute atomic E-state index is 0.275. The average Bonchev–Trinajstić information content (AvgIpc) is 3.16. The molecule has 0 aliphatic heterocycles. The molecule has 25 heavy (non-hydrogen) atoms. The summed E-state index contributed by atoms with van der Waals surface area (Å²) in [5, 5.41) is 16.2. The third-order valence-electron chi connectivity index (χ3n) is 3.45. The zero-order valence-corrected chi connectivity index (χ0v) is 13.3. The zero-order chi connectivity index (χ0) is 17.6. The zero-order valence-electron chi connectivity index (χ0n) is 13.3. The molecule has 0 aliphatic carbocycles. The smallest absolute Gasteiger partial charge is 0.257 e. The normalized spacial score (nSPS) is 11.6. The SMILES string of the molecule is C[C@@H](C(=O)Nc1cccc(NC(=O)c2cccnc2)c1)n1cnnn1. The molecule has 0 spiro atoms. The van der Waals surface area contributed by atoms with Crippen LogP contribution in [0.5, 0.6) is 0 Å². The van der Waals surface area contributed by atoms with Crippen LogP contribution in [0.25, 0.3) is 0 Å². The van der Waals surface area contributed by atoms with E-state index in [2.05, 4.69) is 31.1 Å². The Balaban J connectivity index is 1.67. The van der Waals surface area contributed by atoms with Crippen LogP contribution in [0, 0.1) is 0 Å². The lowest BCUT2D eigenvalue weighted by Gasteiger charge is -2.12. The summed E-state index contributed by atoms with van der Waals surface area (Å²) in [4.78, 5) is 28.3. The van der Waals surface area contributed by atoms with Gasteiger partial charge >= 0.3 is 0 Å². The monoisotopic (exact) mass is 337 g/mol. The Labute approximate surface area is 143 Å². The van der Waals surface area contributed by atoms with E-state index in [1.807, 2.05) is 0 Å². The van der Waals surface area contributed by atoms with E-state index in [1.54, 1.807) is 49.5 Å². The first-order chi connectivity index (χ1) is 12.1. The molecule has 0 bridgehead atoms. The molecule has 2 heterocycles. The molecule has 0 saturated heterocycles. The van der Waals surface area contributed by atoms with Gasteiger partial charge in [-0.15, -0.1) is 5.10 Å². The summed E-state index contributed by atoms with van der Waals surface area (Å²) in [6, 6.07) is 9.64. The third kappa shape index (κ3) is 4.02. The first-order valence-electron chi connectivity index (χ1n) is 7.48. The number of aromatic nitrogens is 5. The summed E-state index contributed by atoms with van der Waals surface area (Å²) in [5.74, 6) is -0.554. The number of rotatable bonds is 5. The van der Waals surface area contributed by atoms with Crippen LogP contribution in [-0.2, 0) is 4.79 Å². The van der Waals surface area contributed by atoms with Crippen LogP contribution in [0.3, 0.4) is 0 Å². The highest BCUT2D eigenvalue weighted by atomic mass is 16.2. The van der Waals surface area contributed by atoms with E-state index in [0.717, 1.165) is 0 Å². The van der Waals surface area contributed by atoms with Gasteiger partial charge in [-0.2, -0.15) is 0 Å². The van der Waals surface area contributed by atoms with E-state index in [9.17, 15) is 9.59 Å². The van der Waals surface area contributed by atoms with Gasteiger partial charge in [0.25, 0.3) is 5.91 Å². The quantitative estimate of drug-likeness (QED) is 0.729. The van der Waals surface area contributed by atoms with Crippen molar-refractivity contribution >= 4 is 23.2 Å². The summed E-state index contributed by atoms with van der Waals surface area (Å²) in [6.45, 7) is 1.68. The van der Waals surface area contributed by atoms with Crippen molar-refractivity contribution in [1.82, 2.24) is 25.2 Å². The molecule has 9 heteroatoms. The minimum Gasteiger partial charge on any atom is -0.324 e. The summed E-state index contributed by atoms with van der Waals surface area (Å²) in [5.41, 5.74) is 1.56. The first-order valence-corrected chi connectivity index (χ1v) is 7.48. The van der Waals surface area contributed by atoms with E-state index in [-0.39, 0.29) is 11.8 Å². The van der Waals surface area contributed by atoms with Crippen LogP contribution in [0.1, 0.15) is 23.3 Å². The van der Waals surface area contributed by atoms with Gasteiger partial charge in [0.2, 0.25) is 5.91 Å². The molecule has 2 N–H and O–H groups in total. The molecule has 0 unspecified atom stereocenters. The van der Waals surface area contributed by atoms with Gasteiger partial charge in [-0.1, -0.05) is 6.07 Å². The number of anilines is 2. The highest BCUT2D eigenvalue weighted by Crippen LogP contribution is 2.17. The van der Waals surface area contributed by atoms with Crippen LogP contribution in [0.15, 0.2) is 55.1 Å². The van der Waals surface area contributed by atoms with Crippen molar-refractivity contribution in [1.29, 1.82) is 0 Å². The number of nitrogens with zero attached hydrogens (tertiary/aromatic N) is 5. The number of carbonyl (C=O) groups excluding carboxylic acids is 2. The second-order valence-electron chi connectivity index (χ2n) is 5.23. The van der Waals surface area contributed by atoms with Gasteiger partial charge in [0, 0.05) is 23.8 Å². The number of pyridine rings is 1. The van der Waals surface area contributed by atoms with Crippen molar-refractivity contribution < 1.29 is 9.59 Å². The van der Waals surface area contributed by atoms with Crippen molar-refractivity contribution in [3.05, 3.63) is 60.7 Å². The number of amides is 2. The summed E-state index contributed by atoms with van der Waals surface area (Å²) in [7, 11) is 0. The molecule has 126 valence electrons. The standard InChI is InChI=1S/C16H15N7O2/c1-11(23-10-18-21-22-23)15(24)19-13-5-2-6-14(8-13)20-16(25)12-4-3-7-17-9-12/h2-11H,1H3,(H,19,24)(H,20,25)/t11-/m0/s1. The number of hydrogen-bond acceptors (Lipinski definition) is 6. The lowest BCUT2D eigenvalue weighted by atomic mass is 10.2. The van der Waals surface area contributed by atoms with Crippen LogP contribution in [0.2, 0.25) is 0 Å². The van der Waals surface area contributed by atoms with Crippen LogP contribution < -0.4 is 10.6 Å². The van der Waals surface area contributed by atoms with Crippen molar-refractivity contribution in [2.24, 2.45) is 0 Å². The Morgan fingerprint density at radius 2 is 1.92 bits per heavy atom. The van der Waals surface area contributed by atoms with E-state index < -0.39 is 6.04 Å². The van der Waals surface area contributed by atoms with Gasteiger partial charge in [-0.3, -0.25) is 14.6 Å². The number of carbonyl (C=O) groups is 2. The average molecular weight is 337 g/mol. The molecule has 3 rings (SSSR count). The predicted octanol–water partition coefficient (Wildman–Crippen LogP) is 1.52. The third-order valence-corrected chi connectivity index (χ3v) is 3.45. The largest absolute Gasteiger partial charge is 0.324 e. The Kier molecular flexibility index (Phi) is 4.74. The Hall–Kier alpha value is -3.62. The van der Waals surface area contributed by atoms with Crippen molar-refractivity contribution in [3.8, 4) is 0 Å². The molecular formula is C16H15N7O2. The van der Waals surface area contributed by atoms with E-state index in [1.165, 1.54) is 17.2 Å². The highest BCUT2D eigenvalue weighted by molar-refractivity contribution is 6.04. The molecule has 3 aromatic rings. The molecule has 1 atom stereocenters. The molecule has 9 nitrogen and oxygen atoms in total. The number of hydrogen-bond donors (Lipinski definition) is 2. The molecule has 0 fully saturated rings. The van der Waals surface area contributed by atoms with Crippen molar-refractivity contribution in [3.63, 3.8) is 0 Å². The molecule has 2 aromatic heterocycles. The fourth-order valence-electron chi connectivity index (χ4n) is 2.09. The van der Waals surface area contributed by atoms with Gasteiger partial charge in [0.05, 0.1) is 5.56 Å². The maximum Gasteiger partial charge on any atom is 0.257 e. The molecule has 1 aromatic carbocycles. The fraction of sp³-hybridized carbons (Fsp3) is 0.125. The van der Waals surface area contributed by atoms with Gasteiger partial charge in [-0.25, -0.2) is 4.68 Å². The highest BCUT2D eigenvalue weighted by Gasteiger charge is 2.16. The summed E-state index contributed by atoms with van der Waals surface area (Å²) in [6.07, 6.45) is 4.45. The minimum atomic E-state index is -0.566. The van der Waals surface area contributed by atoms with E-state index in [0.29, 0.717) is 16.9 Å². The van der Waals surface area contributed by atoms with Crippen molar-refractivity contribution in [2.45, 2.75) is 13.0 Å². The first kappa shape index (κ1) is 16.2. The van der Waals surface area contributed by atoms with Gasteiger partial charge in [0.15, 0.2) is 0 Å². The van der Waals surface area contributed by atoms with Crippen LogP contribution in [0.4, 0.5) is 11.4 Å². The lowest BCUT2D eigenvalue weighted by Crippen LogP contribution is -2.24. The number of nitrogens with one attached hydrogen (secondary N) is 2. The Morgan fingerprint density at radius 1 is 1.12 bits per heavy atom. The fourth-order valence-corrected chi connectivity index (χ4v) is 2.09. The second kappa shape index (κ2) is 7.30. The van der Waals surface area contributed by atoms with Crippen LogP contribution in [-0.4, -0.2) is 37.0 Å². The Bertz CT molecular complexity index is 865. The number of tetrazole rings is 1. The summed E-state index contributed by atoms with van der Waals surface area (Å²) >= 11 is 0. The maximum atomic E-state index is 12.2. The Morgan fingerprint density at radius 3 is 2.60 bits per heavy atom. The molecule has 2 amide bonds. The van der Waals surface area contributed by atoms with E-state index >= 15 is 0 Å². The molecule has 0 aliphatic rings. The summed E-state index contributed by atoms with van der Waals surface area (Å²) < 4.78 is 1.35. The lowest BCUT2D eigenvalue weighted by molar-refractivity contribution is -0.119. The molecule has 0 radical (unpaired) electrons. The number of benzene rings is 1. The van der Waals surface area contributed by atoms with E-state index in [4.69, 9.17) is 0 Å². The van der Waals surface area contributed by atoms with Gasteiger partial charge in [-0.05, 0) is 47.7 Å². The molecule has 0 saturated carbocycles. The van der Waals surface area contributed by atoms with Crippen LogP contribution >= 0.6 is 0 Å². The van der Waals surface area contributed by atoms with Crippen molar-refractivity contribution in [2.75, 3.05) is 10.6 Å². The second-order valence-corrected chi connectivity index (χ2v) is 5.23. The molecular weight excluding hydrogens is 322 g/mol. The maximum absolute atomic E-state index is 12.2.